The number of amides is 1. The highest BCUT2D eigenvalue weighted by molar-refractivity contribution is 6.74. The third kappa shape index (κ3) is 4.38. The second kappa shape index (κ2) is 7.83. The summed E-state index contributed by atoms with van der Waals surface area (Å²) in [5.41, 5.74) is -0.193. The Kier molecular flexibility index (Phi) is 6.36. The molecule has 5 heteroatoms. The number of likely N-dealkylation sites (tertiary alicyclic amines) is 1. The Balaban J connectivity index is 2.29. The molecule has 1 amide bonds. The van der Waals surface area contributed by atoms with Gasteiger partial charge in [-0.1, -0.05) is 64.4 Å². The second-order valence-electron chi connectivity index (χ2n) is 9.02. The van der Waals surface area contributed by atoms with Crippen molar-refractivity contribution in [3.63, 3.8) is 0 Å². The van der Waals surface area contributed by atoms with Crippen LogP contribution in [0.15, 0.2) is 30.3 Å². The van der Waals surface area contributed by atoms with Gasteiger partial charge in [0, 0.05) is 6.54 Å². The summed E-state index contributed by atoms with van der Waals surface area (Å²) in [5, 5.41) is 11.6. The molecule has 0 radical (unpaired) electrons. The highest BCUT2D eigenvalue weighted by Gasteiger charge is 2.54. The predicted molar refractivity (Wildman–Crippen MR) is 108 cm³/mol. The van der Waals surface area contributed by atoms with Gasteiger partial charge in [-0.25, -0.2) is 0 Å². The van der Waals surface area contributed by atoms with Crippen LogP contribution in [-0.2, 0) is 15.8 Å². The highest BCUT2D eigenvalue weighted by Crippen LogP contribution is 2.43. The van der Waals surface area contributed by atoms with Crippen LogP contribution in [0.3, 0.4) is 0 Å². The van der Waals surface area contributed by atoms with Crippen molar-refractivity contribution in [3.8, 4) is 0 Å². The summed E-state index contributed by atoms with van der Waals surface area (Å²) in [5.74, 6) is -0.0174. The van der Waals surface area contributed by atoms with E-state index in [1.807, 2.05) is 30.3 Å². The van der Waals surface area contributed by atoms with Gasteiger partial charge in [0.25, 0.3) is 0 Å². The van der Waals surface area contributed by atoms with Crippen molar-refractivity contribution in [2.45, 2.75) is 89.9 Å². The first-order valence-corrected chi connectivity index (χ1v) is 12.7. The van der Waals surface area contributed by atoms with Gasteiger partial charge < -0.3 is 14.4 Å². The van der Waals surface area contributed by atoms with Gasteiger partial charge in [-0.15, -0.1) is 0 Å². The first-order valence-electron chi connectivity index (χ1n) is 9.76. The molecule has 1 aromatic rings. The monoisotopic (exact) mass is 377 g/mol. The Labute approximate surface area is 159 Å². The van der Waals surface area contributed by atoms with E-state index in [1.165, 1.54) is 0 Å². The van der Waals surface area contributed by atoms with Gasteiger partial charge in [0.1, 0.15) is 6.10 Å². The van der Waals surface area contributed by atoms with Crippen LogP contribution in [0, 0.1) is 0 Å². The van der Waals surface area contributed by atoms with Crippen LogP contribution in [0.4, 0.5) is 0 Å². The van der Waals surface area contributed by atoms with Crippen molar-refractivity contribution in [1.29, 1.82) is 0 Å². The lowest BCUT2D eigenvalue weighted by Gasteiger charge is -2.44. The smallest absolute Gasteiger partial charge is 0.227 e. The maximum Gasteiger partial charge on any atom is 0.227 e. The number of benzene rings is 1. The normalized spacial score (nSPS) is 24.3. The third-order valence-electron chi connectivity index (χ3n) is 5.97. The van der Waals surface area contributed by atoms with Crippen LogP contribution in [0.25, 0.3) is 0 Å². The number of hydrogen-bond donors (Lipinski definition) is 1. The molecule has 0 bridgehead atoms. The molecule has 146 valence electrons. The summed E-state index contributed by atoms with van der Waals surface area (Å²) in [6.45, 7) is 13.4. The number of aliphatic hydroxyl groups is 1. The van der Waals surface area contributed by atoms with Gasteiger partial charge in [-0.05, 0) is 36.5 Å². The molecule has 1 aromatic carbocycles. The van der Waals surface area contributed by atoms with Crippen molar-refractivity contribution in [2.24, 2.45) is 0 Å². The average Bonchev–Trinajstić information content (AvgIpc) is 2.77. The minimum absolute atomic E-state index is 0.0174. The maximum absolute atomic E-state index is 12.8. The third-order valence-corrected chi connectivity index (χ3v) is 10.5. The van der Waals surface area contributed by atoms with Gasteiger partial charge in [0.2, 0.25) is 5.91 Å². The van der Waals surface area contributed by atoms with Crippen LogP contribution in [0.5, 0.6) is 0 Å². The molecule has 0 aromatic heterocycles. The molecule has 2 atom stereocenters. The first-order chi connectivity index (χ1) is 12.0. The van der Waals surface area contributed by atoms with Crippen LogP contribution < -0.4 is 0 Å². The molecular formula is C21H35NO3Si. The number of carbonyl (C=O) groups excluding carboxylic acids is 1. The Morgan fingerprint density at radius 1 is 1.27 bits per heavy atom. The zero-order chi connectivity index (χ0) is 19.6. The molecule has 4 nitrogen and oxygen atoms in total. The van der Waals surface area contributed by atoms with Crippen molar-refractivity contribution in [1.82, 2.24) is 4.90 Å². The molecule has 0 saturated carbocycles. The lowest BCUT2D eigenvalue weighted by Crippen LogP contribution is -2.55. The maximum atomic E-state index is 12.8. The van der Waals surface area contributed by atoms with E-state index in [2.05, 4.69) is 40.8 Å². The number of hydrogen-bond acceptors (Lipinski definition) is 3. The van der Waals surface area contributed by atoms with E-state index in [-0.39, 0.29) is 17.4 Å². The highest BCUT2D eigenvalue weighted by atomic mass is 28.4. The predicted octanol–water partition coefficient (Wildman–Crippen LogP) is 4.69. The molecule has 1 saturated heterocycles. The number of carbonyl (C=O) groups is 1. The standard InChI is InChI=1S/C21H35NO3Si/c1-7-8-14-21(24)18(25-26(5,6)20(2,3)4)15-19(23)22(21)16-17-12-10-9-11-13-17/h9-13,18,24H,7-8,14-16H2,1-6H3/t18-,21?/m0/s1. The fraction of sp³-hybridized carbons (Fsp3) is 0.667. The van der Waals surface area contributed by atoms with Crippen LogP contribution >= 0.6 is 0 Å². The molecule has 1 N–H and O–H groups in total. The zero-order valence-corrected chi connectivity index (χ0v) is 18.2. The van der Waals surface area contributed by atoms with Crippen LogP contribution in [0.2, 0.25) is 18.1 Å². The molecule has 1 fully saturated rings. The fourth-order valence-electron chi connectivity index (χ4n) is 3.21. The van der Waals surface area contributed by atoms with Crippen LogP contribution in [-0.4, -0.2) is 36.1 Å². The molecule has 26 heavy (non-hydrogen) atoms. The second-order valence-corrected chi connectivity index (χ2v) is 13.8. The Hall–Kier alpha value is -1.17. The Morgan fingerprint density at radius 2 is 1.88 bits per heavy atom. The van der Waals surface area contributed by atoms with E-state index in [1.54, 1.807) is 4.90 Å². The first kappa shape index (κ1) is 21.1. The largest absolute Gasteiger partial charge is 0.408 e. The summed E-state index contributed by atoms with van der Waals surface area (Å²) in [7, 11) is -2.09. The minimum atomic E-state index is -2.09. The number of nitrogens with zero attached hydrogens (tertiary/aromatic N) is 1. The number of unbranched alkanes of at least 4 members (excludes halogenated alkanes) is 1. The van der Waals surface area contributed by atoms with E-state index in [0.29, 0.717) is 13.0 Å². The molecule has 1 unspecified atom stereocenters. The summed E-state index contributed by atoms with van der Waals surface area (Å²) in [4.78, 5) is 14.5. The van der Waals surface area contributed by atoms with Crippen molar-refractivity contribution in [3.05, 3.63) is 35.9 Å². The SMILES string of the molecule is CCCCC1(O)[C@@H](O[Si](C)(C)C(C)(C)C)CC(=O)N1Cc1ccccc1. The molecule has 1 aliphatic rings. The number of rotatable bonds is 7. The van der Waals surface area contributed by atoms with Gasteiger partial charge in [-0.2, -0.15) is 0 Å². The molecule has 0 spiro atoms. The van der Waals surface area contributed by atoms with Gasteiger partial charge in [-0.3, -0.25) is 4.79 Å². The van der Waals surface area contributed by atoms with E-state index in [4.69, 9.17) is 4.43 Å². The molecule has 0 aliphatic carbocycles. The lowest BCUT2D eigenvalue weighted by molar-refractivity contribution is -0.162. The summed E-state index contributed by atoms with van der Waals surface area (Å²) >= 11 is 0. The summed E-state index contributed by atoms with van der Waals surface area (Å²) in [6, 6.07) is 9.88. The molecule has 2 rings (SSSR count). The Bertz CT molecular complexity index is 611. The quantitative estimate of drug-likeness (QED) is 0.701. The molecular weight excluding hydrogens is 342 g/mol. The minimum Gasteiger partial charge on any atom is -0.408 e. The summed E-state index contributed by atoms with van der Waals surface area (Å²) in [6.07, 6.45) is 2.21. The van der Waals surface area contributed by atoms with Gasteiger partial charge >= 0.3 is 0 Å². The van der Waals surface area contributed by atoms with E-state index < -0.39 is 20.1 Å². The van der Waals surface area contributed by atoms with E-state index in [9.17, 15) is 9.90 Å². The summed E-state index contributed by atoms with van der Waals surface area (Å²) < 4.78 is 6.54. The average molecular weight is 378 g/mol. The van der Waals surface area contributed by atoms with Crippen molar-refractivity contribution >= 4 is 14.2 Å². The van der Waals surface area contributed by atoms with Crippen molar-refractivity contribution < 1.29 is 14.3 Å². The van der Waals surface area contributed by atoms with E-state index >= 15 is 0 Å². The molecule has 1 aliphatic heterocycles. The fourth-order valence-corrected chi connectivity index (χ4v) is 4.55. The topological polar surface area (TPSA) is 49.8 Å². The molecule has 1 heterocycles. The van der Waals surface area contributed by atoms with Crippen LogP contribution in [0.1, 0.15) is 58.9 Å². The zero-order valence-electron chi connectivity index (χ0n) is 17.2. The van der Waals surface area contributed by atoms with E-state index in [0.717, 1.165) is 18.4 Å². The van der Waals surface area contributed by atoms with Gasteiger partial charge in [0.15, 0.2) is 14.0 Å². The lowest BCUT2D eigenvalue weighted by atomic mass is 10.00. The Morgan fingerprint density at radius 3 is 2.42 bits per heavy atom. The van der Waals surface area contributed by atoms with Crippen molar-refractivity contribution in [2.75, 3.05) is 0 Å². The van der Waals surface area contributed by atoms with Gasteiger partial charge in [0.05, 0.1) is 6.42 Å².